The van der Waals surface area contributed by atoms with Crippen LogP contribution in [0.4, 0.5) is 0 Å². The Bertz CT molecular complexity index is 277. The molecule has 2 nitrogen and oxygen atoms in total. The highest BCUT2D eigenvalue weighted by Crippen LogP contribution is 2.35. The second-order valence-corrected chi connectivity index (χ2v) is 7.47. The van der Waals surface area contributed by atoms with E-state index < -0.39 is 0 Å². The summed E-state index contributed by atoms with van der Waals surface area (Å²) in [6.45, 7) is 4.99. The molecule has 3 rings (SSSR count). The number of hydrogen-bond donors (Lipinski definition) is 1. The van der Waals surface area contributed by atoms with Crippen molar-refractivity contribution in [2.24, 2.45) is 5.92 Å². The normalized spacial score (nSPS) is 40.0. The van der Waals surface area contributed by atoms with Crippen molar-refractivity contribution in [1.82, 2.24) is 10.2 Å². The fourth-order valence-electron chi connectivity index (χ4n) is 5.08. The fraction of sp³-hybridized carbons (Fsp3) is 1.00. The van der Waals surface area contributed by atoms with Gasteiger partial charge in [-0.05, 0) is 70.4 Å². The summed E-state index contributed by atoms with van der Waals surface area (Å²) in [5, 5.41) is 3.78. The summed E-state index contributed by atoms with van der Waals surface area (Å²) in [5.41, 5.74) is 0. The number of piperidine rings is 1. The SMILES string of the molecule is CCCC1CCC(N2CCCCC2C2CCCN2)CC1. The van der Waals surface area contributed by atoms with Gasteiger partial charge in [0.15, 0.2) is 0 Å². The van der Waals surface area contributed by atoms with Crippen LogP contribution in [0.2, 0.25) is 0 Å². The topological polar surface area (TPSA) is 15.3 Å². The zero-order valence-electron chi connectivity index (χ0n) is 13.4. The molecule has 2 aliphatic heterocycles. The molecule has 2 atom stereocenters. The van der Waals surface area contributed by atoms with E-state index in [0.717, 1.165) is 24.0 Å². The van der Waals surface area contributed by atoms with Crippen LogP contribution in [0, 0.1) is 5.92 Å². The molecule has 20 heavy (non-hydrogen) atoms. The van der Waals surface area contributed by atoms with Crippen LogP contribution < -0.4 is 5.32 Å². The Morgan fingerprint density at radius 3 is 2.50 bits per heavy atom. The van der Waals surface area contributed by atoms with Gasteiger partial charge in [-0.25, -0.2) is 0 Å². The minimum absolute atomic E-state index is 0.809. The largest absolute Gasteiger partial charge is 0.312 e. The van der Waals surface area contributed by atoms with E-state index in [2.05, 4.69) is 17.1 Å². The first kappa shape index (κ1) is 14.8. The third kappa shape index (κ3) is 3.39. The van der Waals surface area contributed by atoms with Gasteiger partial charge in [0.25, 0.3) is 0 Å². The highest BCUT2D eigenvalue weighted by Gasteiger charge is 2.36. The minimum Gasteiger partial charge on any atom is -0.312 e. The van der Waals surface area contributed by atoms with E-state index in [9.17, 15) is 0 Å². The second kappa shape index (κ2) is 7.26. The van der Waals surface area contributed by atoms with E-state index in [1.54, 1.807) is 0 Å². The molecule has 1 N–H and O–H groups in total. The van der Waals surface area contributed by atoms with E-state index >= 15 is 0 Å². The molecule has 3 aliphatic rings. The first-order valence-corrected chi connectivity index (χ1v) is 9.37. The molecule has 0 aromatic rings. The van der Waals surface area contributed by atoms with Crippen molar-refractivity contribution in [3.05, 3.63) is 0 Å². The Balaban J connectivity index is 1.56. The molecular weight excluding hydrogens is 244 g/mol. The molecule has 2 heteroatoms. The quantitative estimate of drug-likeness (QED) is 0.837. The Morgan fingerprint density at radius 2 is 1.80 bits per heavy atom. The maximum Gasteiger partial charge on any atom is 0.0252 e. The first-order chi connectivity index (χ1) is 9.88. The molecule has 2 heterocycles. The lowest BCUT2D eigenvalue weighted by Crippen LogP contribution is -2.54. The van der Waals surface area contributed by atoms with E-state index in [1.165, 1.54) is 83.7 Å². The van der Waals surface area contributed by atoms with Gasteiger partial charge in [0, 0.05) is 18.1 Å². The molecule has 116 valence electrons. The molecule has 0 amide bonds. The van der Waals surface area contributed by atoms with Gasteiger partial charge in [0.2, 0.25) is 0 Å². The molecule has 2 saturated heterocycles. The van der Waals surface area contributed by atoms with Crippen LogP contribution >= 0.6 is 0 Å². The zero-order chi connectivity index (χ0) is 13.8. The van der Waals surface area contributed by atoms with Crippen molar-refractivity contribution < 1.29 is 0 Å². The Kier molecular flexibility index (Phi) is 5.39. The van der Waals surface area contributed by atoms with Gasteiger partial charge in [0.05, 0.1) is 0 Å². The Morgan fingerprint density at radius 1 is 0.950 bits per heavy atom. The van der Waals surface area contributed by atoms with E-state index in [4.69, 9.17) is 0 Å². The van der Waals surface area contributed by atoms with Gasteiger partial charge in [-0.2, -0.15) is 0 Å². The van der Waals surface area contributed by atoms with E-state index in [-0.39, 0.29) is 0 Å². The minimum atomic E-state index is 0.809. The van der Waals surface area contributed by atoms with Crippen molar-refractivity contribution >= 4 is 0 Å². The molecule has 1 saturated carbocycles. The molecule has 1 aliphatic carbocycles. The summed E-state index contributed by atoms with van der Waals surface area (Å²) in [7, 11) is 0. The molecule has 0 spiro atoms. The average Bonchev–Trinajstić information content (AvgIpc) is 3.03. The van der Waals surface area contributed by atoms with Crippen LogP contribution in [-0.4, -0.2) is 36.1 Å². The lowest BCUT2D eigenvalue weighted by Gasteiger charge is -2.46. The summed E-state index contributed by atoms with van der Waals surface area (Å²) in [4.78, 5) is 2.94. The lowest BCUT2D eigenvalue weighted by atomic mass is 9.81. The first-order valence-electron chi connectivity index (χ1n) is 9.37. The van der Waals surface area contributed by atoms with Crippen molar-refractivity contribution in [2.45, 2.75) is 95.7 Å². The molecule has 0 aromatic heterocycles. The van der Waals surface area contributed by atoms with E-state index in [1.807, 2.05) is 0 Å². The molecule has 0 radical (unpaired) electrons. The highest BCUT2D eigenvalue weighted by molar-refractivity contribution is 4.94. The summed E-state index contributed by atoms with van der Waals surface area (Å²) in [5.74, 6) is 1.05. The monoisotopic (exact) mass is 278 g/mol. The fourth-order valence-corrected chi connectivity index (χ4v) is 5.08. The maximum atomic E-state index is 3.78. The van der Waals surface area contributed by atoms with Gasteiger partial charge in [-0.15, -0.1) is 0 Å². The summed E-state index contributed by atoms with van der Waals surface area (Å²) < 4.78 is 0. The third-order valence-electron chi connectivity index (χ3n) is 6.14. The summed E-state index contributed by atoms with van der Waals surface area (Å²) in [6.07, 6.45) is 16.0. The zero-order valence-corrected chi connectivity index (χ0v) is 13.4. The number of nitrogens with zero attached hydrogens (tertiary/aromatic N) is 1. The molecule has 2 unspecified atom stereocenters. The number of likely N-dealkylation sites (tertiary alicyclic amines) is 1. The van der Waals surface area contributed by atoms with Crippen LogP contribution in [0.15, 0.2) is 0 Å². The lowest BCUT2D eigenvalue weighted by molar-refractivity contribution is 0.0455. The van der Waals surface area contributed by atoms with Gasteiger partial charge >= 0.3 is 0 Å². The van der Waals surface area contributed by atoms with Crippen LogP contribution in [0.25, 0.3) is 0 Å². The van der Waals surface area contributed by atoms with Crippen LogP contribution in [0.5, 0.6) is 0 Å². The third-order valence-corrected chi connectivity index (χ3v) is 6.14. The second-order valence-electron chi connectivity index (χ2n) is 7.47. The summed E-state index contributed by atoms with van der Waals surface area (Å²) >= 11 is 0. The van der Waals surface area contributed by atoms with Gasteiger partial charge < -0.3 is 5.32 Å². The molecular formula is C18H34N2. The van der Waals surface area contributed by atoms with Crippen molar-refractivity contribution in [3.63, 3.8) is 0 Å². The smallest absolute Gasteiger partial charge is 0.0252 e. The molecule has 3 fully saturated rings. The Hall–Kier alpha value is -0.0800. The average molecular weight is 278 g/mol. The number of rotatable bonds is 4. The predicted octanol–water partition coefficient (Wildman–Crippen LogP) is 3.95. The van der Waals surface area contributed by atoms with Gasteiger partial charge in [-0.1, -0.05) is 26.2 Å². The van der Waals surface area contributed by atoms with Crippen molar-refractivity contribution in [1.29, 1.82) is 0 Å². The molecule has 0 aromatic carbocycles. The maximum absolute atomic E-state index is 3.78. The van der Waals surface area contributed by atoms with Gasteiger partial charge in [-0.3, -0.25) is 4.90 Å². The van der Waals surface area contributed by atoms with Crippen LogP contribution in [0.1, 0.15) is 77.6 Å². The van der Waals surface area contributed by atoms with Gasteiger partial charge in [0.1, 0.15) is 0 Å². The standard InChI is InChI=1S/C18H34N2/c1-2-6-15-9-11-16(12-10-15)20-14-4-3-8-18(20)17-7-5-13-19-17/h15-19H,2-14H2,1H3. The number of nitrogens with one attached hydrogen (secondary N) is 1. The predicted molar refractivity (Wildman–Crippen MR) is 86.0 cm³/mol. The van der Waals surface area contributed by atoms with E-state index in [0.29, 0.717) is 0 Å². The molecule has 0 bridgehead atoms. The summed E-state index contributed by atoms with van der Waals surface area (Å²) in [6, 6.07) is 2.58. The van der Waals surface area contributed by atoms with Crippen molar-refractivity contribution in [2.75, 3.05) is 13.1 Å². The van der Waals surface area contributed by atoms with Crippen LogP contribution in [-0.2, 0) is 0 Å². The highest BCUT2D eigenvalue weighted by atomic mass is 15.2. The van der Waals surface area contributed by atoms with Crippen molar-refractivity contribution in [3.8, 4) is 0 Å². The Labute approximate surface area is 125 Å². The van der Waals surface area contributed by atoms with Crippen LogP contribution in [0.3, 0.4) is 0 Å². The number of hydrogen-bond acceptors (Lipinski definition) is 2.